The number of nitrogens with two attached hydrogens (primary N) is 1. The average Bonchev–Trinajstić information content (AvgIpc) is 2.79. The maximum absolute atomic E-state index is 14.2. The first-order valence-electron chi connectivity index (χ1n) is 13.5. The fourth-order valence-electron chi connectivity index (χ4n) is 4.00. The Morgan fingerprint density at radius 2 is 1.63 bits per heavy atom. The second kappa shape index (κ2) is 14.2. The maximum Gasteiger partial charge on any atom is 0.408 e. The summed E-state index contributed by atoms with van der Waals surface area (Å²) in [7, 11) is 0. The van der Waals surface area contributed by atoms with Gasteiger partial charge in [-0.2, -0.15) is 0 Å². The molecular formula is C29H48N4O5. The number of hydrogen-bond acceptors (Lipinski definition) is 5. The third-order valence-corrected chi connectivity index (χ3v) is 6.58. The average molecular weight is 533 g/mol. The molecule has 0 saturated carbocycles. The molecule has 2 atom stereocenters. The predicted molar refractivity (Wildman–Crippen MR) is 149 cm³/mol. The molecule has 0 aliphatic heterocycles. The summed E-state index contributed by atoms with van der Waals surface area (Å²) in [6.07, 6.45) is 2.02. The minimum absolute atomic E-state index is 0.325. The Morgan fingerprint density at radius 1 is 1.00 bits per heavy atom. The molecule has 214 valence electrons. The first kappa shape index (κ1) is 32.9. The predicted octanol–water partition coefficient (Wildman–Crippen LogP) is 4.44. The molecule has 1 rings (SSSR count). The number of rotatable bonds is 13. The van der Waals surface area contributed by atoms with Crippen LogP contribution in [0, 0.1) is 13.8 Å². The highest BCUT2D eigenvalue weighted by Gasteiger charge is 2.43. The molecule has 0 saturated heterocycles. The zero-order valence-corrected chi connectivity index (χ0v) is 24.7. The van der Waals surface area contributed by atoms with Crippen molar-refractivity contribution in [2.24, 2.45) is 5.73 Å². The number of primary amides is 1. The van der Waals surface area contributed by atoms with E-state index in [1.54, 1.807) is 20.8 Å². The van der Waals surface area contributed by atoms with Crippen LogP contribution in [0.2, 0.25) is 0 Å². The molecule has 9 nitrogen and oxygen atoms in total. The second-order valence-electron chi connectivity index (χ2n) is 11.5. The van der Waals surface area contributed by atoms with E-state index in [0.717, 1.165) is 30.4 Å². The van der Waals surface area contributed by atoms with Gasteiger partial charge in [0.15, 0.2) is 0 Å². The highest BCUT2D eigenvalue weighted by atomic mass is 16.6. The molecule has 38 heavy (non-hydrogen) atoms. The van der Waals surface area contributed by atoms with Gasteiger partial charge in [-0.1, -0.05) is 44.9 Å². The number of hydrogen-bond donors (Lipinski definition) is 3. The molecule has 4 amide bonds. The lowest BCUT2D eigenvalue weighted by molar-refractivity contribution is -0.150. The van der Waals surface area contributed by atoms with Crippen LogP contribution in [0.4, 0.5) is 4.79 Å². The molecule has 1 aromatic rings. The van der Waals surface area contributed by atoms with Crippen LogP contribution >= 0.6 is 0 Å². The van der Waals surface area contributed by atoms with Crippen molar-refractivity contribution < 1.29 is 23.9 Å². The molecule has 0 spiro atoms. The molecule has 0 fully saturated rings. The number of benzene rings is 1. The smallest absolute Gasteiger partial charge is 0.408 e. The Kier molecular flexibility index (Phi) is 12.3. The zero-order valence-electron chi connectivity index (χ0n) is 24.7. The number of unbranched alkanes of at least 4 members (excludes halogenated alkanes) is 2. The van der Waals surface area contributed by atoms with Crippen LogP contribution in [0.5, 0.6) is 0 Å². The van der Waals surface area contributed by atoms with Gasteiger partial charge in [-0.25, -0.2) is 4.79 Å². The molecule has 0 bridgehead atoms. The van der Waals surface area contributed by atoms with Gasteiger partial charge in [-0.3, -0.25) is 14.4 Å². The van der Waals surface area contributed by atoms with Gasteiger partial charge in [0.05, 0.1) is 6.42 Å². The van der Waals surface area contributed by atoms with Gasteiger partial charge >= 0.3 is 6.09 Å². The molecule has 0 aromatic heterocycles. The van der Waals surface area contributed by atoms with Crippen molar-refractivity contribution in [3.8, 4) is 0 Å². The van der Waals surface area contributed by atoms with Crippen molar-refractivity contribution in [3.63, 3.8) is 0 Å². The molecular weight excluding hydrogens is 484 g/mol. The van der Waals surface area contributed by atoms with E-state index in [1.807, 2.05) is 52.8 Å². The fourth-order valence-corrected chi connectivity index (χ4v) is 4.00. The summed E-state index contributed by atoms with van der Waals surface area (Å²) in [5, 5.41) is 5.52. The summed E-state index contributed by atoms with van der Waals surface area (Å²) < 4.78 is 5.34. The zero-order chi connectivity index (χ0) is 29.3. The van der Waals surface area contributed by atoms with Crippen LogP contribution in [0.3, 0.4) is 0 Å². The van der Waals surface area contributed by atoms with Crippen LogP contribution < -0.4 is 16.4 Å². The van der Waals surface area contributed by atoms with E-state index in [2.05, 4.69) is 17.6 Å². The van der Waals surface area contributed by atoms with Gasteiger partial charge in [-0.05, 0) is 78.0 Å². The molecule has 0 aliphatic rings. The lowest BCUT2D eigenvalue weighted by Crippen LogP contribution is -2.60. The quantitative estimate of drug-likeness (QED) is 0.323. The summed E-state index contributed by atoms with van der Waals surface area (Å²) in [6, 6.07) is 3.37. The topological polar surface area (TPSA) is 131 Å². The Bertz CT molecular complexity index is 984. The van der Waals surface area contributed by atoms with E-state index in [4.69, 9.17) is 10.5 Å². The number of nitrogens with one attached hydrogen (secondary N) is 2. The standard InChI is InChI=1S/C29H48N4O5/c1-10-12-13-16-31-25(35)24(21-15-14-19(3)20(4)17-21)33(29(8,9)11-2)26(36)22(18-23(30)34)32-27(37)38-28(5,6)7/h14-15,17,22,24H,10-13,16,18H2,1-9H3,(H2,30,34)(H,31,35)(H,32,37). The molecule has 0 heterocycles. The normalized spacial score (nSPS) is 13.3. The number of carbonyl (C=O) groups excluding carboxylic acids is 4. The van der Waals surface area contributed by atoms with Gasteiger partial charge in [0, 0.05) is 12.1 Å². The summed E-state index contributed by atoms with van der Waals surface area (Å²) in [6.45, 7) is 17.2. The number of nitrogens with zero attached hydrogens (tertiary/aromatic N) is 1. The van der Waals surface area contributed by atoms with Gasteiger partial charge in [0.1, 0.15) is 17.7 Å². The summed E-state index contributed by atoms with van der Waals surface area (Å²) in [5.74, 6) is -1.68. The third-order valence-electron chi connectivity index (χ3n) is 6.58. The SMILES string of the molecule is CCCCCNC(=O)C(c1ccc(C)c(C)c1)N(C(=O)C(CC(N)=O)NC(=O)OC(C)(C)C)C(C)(C)CC. The van der Waals surface area contributed by atoms with Crippen LogP contribution in [-0.4, -0.2) is 52.4 Å². The molecule has 1 aromatic carbocycles. The van der Waals surface area contributed by atoms with Crippen LogP contribution in [-0.2, 0) is 19.1 Å². The van der Waals surface area contributed by atoms with Gasteiger partial charge in [-0.15, -0.1) is 0 Å². The van der Waals surface area contributed by atoms with Crippen LogP contribution in [0.15, 0.2) is 18.2 Å². The lowest BCUT2D eigenvalue weighted by atomic mass is 9.90. The van der Waals surface area contributed by atoms with Gasteiger partial charge in [0.2, 0.25) is 17.7 Å². The largest absolute Gasteiger partial charge is 0.444 e. The Labute approximate surface area is 228 Å². The molecule has 4 N–H and O–H groups in total. The van der Waals surface area contributed by atoms with E-state index in [-0.39, 0.29) is 5.91 Å². The van der Waals surface area contributed by atoms with E-state index in [9.17, 15) is 19.2 Å². The van der Waals surface area contributed by atoms with Gasteiger partial charge in [0.25, 0.3) is 0 Å². The van der Waals surface area contributed by atoms with Crippen LogP contribution in [0.1, 0.15) is 103 Å². The van der Waals surface area contributed by atoms with Crippen molar-refractivity contribution in [2.45, 2.75) is 118 Å². The van der Waals surface area contributed by atoms with E-state index in [0.29, 0.717) is 18.5 Å². The Morgan fingerprint density at radius 3 is 2.13 bits per heavy atom. The molecule has 2 unspecified atom stereocenters. The van der Waals surface area contributed by atoms with E-state index in [1.165, 1.54) is 4.90 Å². The summed E-state index contributed by atoms with van der Waals surface area (Å²) in [4.78, 5) is 54.0. The summed E-state index contributed by atoms with van der Waals surface area (Å²) >= 11 is 0. The first-order valence-corrected chi connectivity index (χ1v) is 13.5. The highest BCUT2D eigenvalue weighted by molar-refractivity contribution is 5.95. The second-order valence-corrected chi connectivity index (χ2v) is 11.5. The number of alkyl carbamates (subject to hydrolysis) is 1. The number of ether oxygens (including phenoxy) is 1. The summed E-state index contributed by atoms with van der Waals surface area (Å²) in [5.41, 5.74) is 6.53. The van der Waals surface area contributed by atoms with Crippen molar-refractivity contribution >= 4 is 23.8 Å². The fraction of sp³-hybridized carbons (Fsp3) is 0.655. The van der Waals surface area contributed by atoms with E-state index < -0.39 is 47.6 Å². The van der Waals surface area contributed by atoms with Crippen molar-refractivity contribution in [1.82, 2.24) is 15.5 Å². The Hall–Kier alpha value is -3.10. The molecule has 0 aliphatic carbocycles. The van der Waals surface area contributed by atoms with Crippen molar-refractivity contribution in [3.05, 3.63) is 34.9 Å². The Balaban J connectivity index is 3.63. The van der Waals surface area contributed by atoms with Gasteiger partial charge < -0.3 is 26.0 Å². The van der Waals surface area contributed by atoms with Crippen molar-refractivity contribution in [2.75, 3.05) is 6.54 Å². The van der Waals surface area contributed by atoms with E-state index >= 15 is 0 Å². The third kappa shape index (κ3) is 9.99. The number of aryl methyl sites for hydroxylation is 2. The number of amides is 4. The minimum atomic E-state index is -1.31. The maximum atomic E-state index is 14.2. The monoisotopic (exact) mass is 532 g/mol. The van der Waals surface area contributed by atoms with Crippen LogP contribution in [0.25, 0.3) is 0 Å². The highest BCUT2D eigenvalue weighted by Crippen LogP contribution is 2.33. The van der Waals surface area contributed by atoms with Crippen molar-refractivity contribution in [1.29, 1.82) is 0 Å². The number of carbonyl (C=O) groups is 4. The minimum Gasteiger partial charge on any atom is -0.444 e. The first-order chi connectivity index (χ1) is 17.5. The lowest BCUT2D eigenvalue weighted by Gasteiger charge is -2.44. The molecule has 9 heteroatoms. The molecule has 0 radical (unpaired) electrons.